The molecular formula is C17H25N3O. The Bertz CT molecular complexity index is 444. The Morgan fingerprint density at radius 2 is 2.00 bits per heavy atom. The maximum Gasteiger partial charge on any atom is 0.174 e. The predicted molar refractivity (Wildman–Crippen MR) is 84.1 cm³/mol. The molecule has 0 aliphatic carbocycles. The second-order valence-electron chi connectivity index (χ2n) is 5.60. The lowest BCUT2D eigenvalue weighted by atomic mass is 9.97. The Balaban J connectivity index is 1.66. The SMILES string of the molecule is CCN1CCC(CNCc2ccc(OCC#N)cc2)CC1. The molecule has 1 aromatic carbocycles. The normalized spacial score (nSPS) is 16.6. The van der Waals surface area contributed by atoms with Gasteiger partial charge in [0.2, 0.25) is 0 Å². The van der Waals surface area contributed by atoms with Crippen molar-refractivity contribution in [2.45, 2.75) is 26.3 Å². The van der Waals surface area contributed by atoms with Crippen molar-refractivity contribution < 1.29 is 4.74 Å². The van der Waals surface area contributed by atoms with E-state index < -0.39 is 0 Å². The molecule has 4 nitrogen and oxygen atoms in total. The first-order valence-corrected chi connectivity index (χ1v) is 7.83. The first-order chi connectivity index (χ1) is 10.3. The van der Waals surface area contributed by atoms with E-state index in [4.69, 9.17) is 10.00 Å². The van der Waals surface area contributed by atoms with E-state index >= 15 is 0 Å². The van der Waals surface area contributed by atoms with E-state index in [2.05, 4.69) is 29.3 Å². The van der Waals surface area contributed by atoms with Crippen molar-refractivity contribution in [2.75, 3.05) is 32.8 Å². The van der Waals surface area contributed by atoms with Gasteiger partial charge in [-0.3, -0.25) is 0 Å². The summed E-state index contributed by atoms with van der Waals surface area (Å²) in [5, 5.41) is 12.0. The number of ether oxygens (including phenoxy) is 1. The quantitative estimate of drug-likeness (QED) is 0.836. The van der Waals surface area contributed by atoms with Gasteiger partial charge in [-0.1, -0.05) is 19.1 Å². The lowest BCUT2D eigenvalue weighted by Crippen LogP contribution is -2.36. The third kappa shape index (κ3) is 5.37. The maximum absolute atomic E-state index is 8.47. The molecule has 0 atom stereocenters. The van der Waals surface area contributed by atoms with Crippen molar-refractivity contribution in [3.05, 3.63) is 29.8 Å². The molecule has 21 heavy (non-hydrogen) atoms. The van der Waals surface area contributed by atoms with Crippen LogP contribution in [-0.4, -0.2) is 37.7 Å². The molecule has 1 aromatic rings. The van der Waals surface area contributed by atoms with Gasteiger partial charge in [-0.2, -0.15) is 5.26 Å². The number of hydrogen-bond donors (Lipinski definition) is 1. The summed E-state index contributed by atoms with van der Waals surface area (Å²) >= 11 is 0. The van der Waals surface area contributed by atoms with Crippen molar-refractivity contribution in [3.8, 4) is 11.8 Å². The molecule has 1 fully saturated rings. The molecular weight excluding hydrogens is 262 g/mol. The summed E-state index contributed by atoms with van der Waals surface area (Å²) in [5.41, 5.74) is 1.25. The fraction of sp³-hybridized carbons (Fsp3) is 0.588. The highest BCUT2D eigenvalue weighted by Crippen LogP contribution is 2.16. The van der Waals surface area contributed by atoms with Gasteiger partial charge in [0.25, 0.3) is 0 Å². The Labute approximate surface area is 127 Å². The Hall–Kier alpha value is -1.57. The zero-order chi connectivity index (χ0) is 14.9. The van der Waals surface area contributed by atoms with E-state index in [-0.39, 0.29) is 6.61 Å². The average molecular weight is 287 g/mol. The molecule has 1 heterocycles. The van der Waals surface area contributed by atoms with Crippen LogP contribution in [0.25, 0.3) is 0 Å². The number of nitrogens with one attached hydrogen (secondary N) is 1. The van der Waals surface area contributed by atoms with Crippen LogP contribution in [0.15, 0.2) is 24.3 Å². The summed E-state index contributed by atoms with van der Waals surface area (Å²) in [7, 11) is 0. The van der Waals surface area contributed by atoms with E-state index in [1.165, 1.54) is 38.0 Å². The topological polar surface area (TPSA) is 48.3 Å². The van der Waals surface area contributed by atoms with Gasteiger partial charge in [0.1, 0.15) is 11.8 Å². The first-order valence-electron chi connectivity index (χ1n) is 7.83. The first kappa shape index (κ1) is 15.8. The number of benzene rings is 1. The Morgan fingerprint density at radius 1 is 1.29 bits per heavy atom. The summed E-state index contributed by atoms with van der Waals surface area (Å²) in [4.78, 5) is 2.52. The third-order valence-electron chi connectivity index (χ3n) is 4.14. The molecule has 2 rings (SSSR count). The smallest absolute Gasteiger partial charge is 0.174 e. The molecule has 1 saturated heterocycles. The van der Waals surface area contributed by atoms with Crippen LogP contribution in [0.1, 0.15) is 25.3 Å². The van der Waals surface area contributed by atoms with Crippen LogP contribution in [-0.2, 0) is 6.54 Å². The largest absolute Gasteiger partial charge is 0.479 e. The van der Waals surface area contributed by atoms with Crippen molar-refractivity contribution in [3.63, 3.8) is 0 Å². The summed E-state index contributed by atoms with van der Waals surface area (Å²) < 4.78 is 5.24. The van der Waals surface area contributed by atoms with Crippen LogP contribution in [0, 0.1) is 17.2 Å². The fourth-order valence-electron chi connectivity index (χ4n) is 2.75. The van der Waals surface area contributed by atoms with Crippen LogP contribution in [0.4, 0.5) is 0 Å². The van der Waals surface area contributed by atoms with Gasteiger partial charge in [0.15, 0.2) is 6.61 Å². The zero-order valence-electron chi connectivity index (χ0n) is 12.8. The molecule has 1 N–H and O–H groups in total. The standard InChI is InChI=1S/C17H25N3O/c1-2-20-10-7-16(8-11-20)14-19-13-15-3-5-17(6-4-15)21-12-9-18/h3-6,16,19H,2,7-8,10-14H2,1H3. The minimum absolute atomic E-state index is 0.105. The average Bonchev–Trinajstić information content (AvgIpc) is 2.55. The maximum atomic E-state index is 8.47. The summed E-state index contributed by atoms with van der Waals surface area (Å²) in [6.45, 7) is 8.01. The monoisotopic (exact) mass is 287 g/mol. The van der Waals surface area contributed by atoms with Gasteiger partial charge in [0, 0.05) is 6.54 Å². The number of piperidine rings is 1. The molecule has 0 radical (unpaired) electrons. The minimum atomic E-state index is 0.105. The summed E-state index contributed by atoms with van der Waals surface area (Å²) in [6, 6.07) is 9.93. The number of hydrogen-bond acceptors (Lipinski definition) is 4. The summed E-state index contributed by atoms with van der Waals surface area (Å²) in [6.07, 6.45) is 2.61. The zero-order valence-corrected chi connectivity index (χ0v) is 12.8. The van der Waals surface area contributed by atoms with Gasteiger partial charge in [-0.05, 0) is 62.6 Å². The molecule has 0 saturated carbocycles. The van der Waals surface area contributed by atoms with Gasteiger partial charge in [-0.15, -0.1) is 0 Å². The molecule has 4 heteroatoms. The number of nitriles is 1. The van der Waals surface area contributed by atoms with E-state index in [0.29, 0.717) is 0 Å². The molecule has 0 aromatic heterocycles. The van der Waals surface area contributed by atoms with E-state index in [1.807, 2.05) is 18.2 Å². The highest BCUT2D eigenvalue weighted by atomic mass is 16.5. The van der Waals surface area contributed by atoms with Crippen LogP contribution in [0.3, 0.4) is 0 Å². The molecule has 0 unspecified atom stereocenters. The Morgan fingerprint density at radius 3 is 2.62 bits per heavy atom. The molecule has 1 aliphatic heterocycles. The third-order valence-corrected chi connectivity index (χ3v) is 4.14. The van der Waals surface area contributed by atoms with Gasteiger partial charge in [-0.25, -0.2) is 0 Å². The number of likely N-dealkylation sites (tertiary alicyclic amines) is 1. The highest BCUT2D eigenvalue weighted by molar-refractivity contribution is 5.27. The van der Waals surface area contributed by atoms with Crippen LogP contribution >= 0.6 is 0 Å². The molecule has 0 bridgehead atoms. The minimum Gasteiger partial charge on any atom is -0.479 e. The van der Waals surface area contributed by atoms with Gasteiger partial charge in [0.05, 0.1) is 0 Å². The van der Waals surface area contributed by atoms with Crippen molar-refractivity contribution in [1.82, 2.24) is 10.2 Å². The van der Waals surface area contributed by atoms with E-state index in [9.17, 15) is 0 Å². The lowest BCUT2D eigenvalue weighted by molar-refractivity contribution is 0.190. The summed E-state index contributed by atoms with van der Waals surface area (Å²) in [5.74, 6) is 1.57. The van der Waals surface area contributed by atoms with Gasteiger partial charge < -0.3 is 15.0 Å². The van der Waals surface area contributed by atoms with Crippen LogP contribution in [0.2, 0.25) is 0 Å². The number of nitrogens with zero attached hydrogens (tertiary/aromatic N) is 2. The highest BCUT2D eigenvalue weighted by Gasteiger charge is 2.17. The van der Waals surface area contributed by atoms with Gasteiger partial charge >= 0.3 is 0 Å². The fourth-order valence-corrected chi connectivity index (χ4v) is 2.75. The van der Waals surface area contributed by atoms with Crippen molar-refractivity contribution in [1.29, 1.82) is 5.26 Å². The second kappa shape index (κ2) is 8.66. The van der Waals surface area contributed by atoms with Crippen LogP contribution < -0.4 is 10.1 Å². The molecule has 0 spiro atoms. The van der Waals surface area contributed by atoms with E-state index in [1.54, 1.807) is 0 Å². The second-order valence-corrected chi connectivity index (χ2v) is 5.60. The molecule has 114 valence electrons. The van der Waals surface area contributed by atoms with E-state index in [0.717, 1.165) is 24.8 Å². The van der Waals surface area contributed by atoms with Crippen molar-refractivity contribution >= 4 is 0 Å². The Kier molecular flexibility index (Phi) is 6.52. The number of rotatable bonds is 7. The van der Waals surface area contributed by atoms with Crippen LogP contribution in [0.5, 0.6) is 5.75 Å². The lowest BCUT2D eigenvalue weighted by Gasteiger charge is -2.31. The molecule has 0 amide bonds. The predicted octanol–water partition coefficient (Wildman–Crippen LogP) is 2.41. The van der Waals surface area contributed by atoms with Crippen molar-refractivity contribution in [2.24, 2.45) is 5.92 Å². The molecule has 1 aliphatic rings.